The Labute approximate surface area is 118 Å². The minimum Gasteiger partial charge on any atom is -0.508 e. The highest BCUT2D eigenvalue weighted by atomic mass is 16.5. The van der Waals surface area contributed by atoms with Crippen LogP contribution in [0.5, 0.6) is 5.75 Å². The lowest BCUT2D eigenvalue weighted by atomic mass is 10.1. The van der Waals surface area contributed by atoms with E-state index in [1.54, 1.807) is 6.07 Å². The summed E-state index contributed by atoms with van der Waals surface area (Å²) in [6, 6.07) is 5.39. The Balaban J connectivity index is 1.83. The van der Waals surface area contributed by atoms with E-state index in [0.717, 1.165) is 24.2 Å². The summed E-state index contributed by atoms with van der Waals surface area (Å²) in [6.45, 7) is 3.83. The number of phenols is 1. The van der Waals surface area contributed by atoms with Crippen LogP contribution in [-0.2, 0) is 0 Å². The van der Waals surface area contributed by atoms with Crippen LogP contribution in [0.2, 0.25) is 0 Å². The second-order valence-corrected chi connectivity index (χ2v) is 5.30. The fourth-order valence-corrected chi connectivity index (χ4v) is 2.47. The first-order chi connectivity index (χ1) is 9.74. The normalized spacial score (nSPS) is 16.1. The molecule has 1 aliphatic heterocycles. The second-order valence-electron chi connectivity index (χ2n) is 5.30. The third kappa shape index (κ3) is 2.61. The maximum atomic E-state index is 9.75. The summed E-state index contributed by atoms with van der Waals surface area (Å²) in [5.74, 6) is 1.36. The highest BCUT2D eigenvalue weighted by Crippen LogP contribution is 2.26. The molecule has 0 bridgehead atoms. The fourth-order valence-electron chi connectivity index (χ4n) is 2.47. The van der Waals surface area contributed by atoms with E-state index in [0.29, 0.717) is 11.8 Å². The molecule has 5 heteroatoms. The van der Waals surface area contributed by atoms with Gasteiger partial charge in [-0.15, -0.1) is 0 Å². The molecule has 0 atom stereocenters. The van der Waals surface area contributed by atoms with Gasteiger partial charge in [0.05, 0.1) is 0 Å². The zero-order chi connectivity index (χ0) is 13.9. The van der Waals surface area contributed by atoms with Crippen molar-refractivity contribution in [3.05, 3.63) is 23.8 Å². The molecule has 0 amide bonds. The van der Waals surface area contributed by atoms with Gasteiger partial charge in [0.25, 0.3) is 11.8 Å². The Hall–Kier alpha value is -2.04. The van der Waals surface area contributed by atoms with E-state index in [4.69, 9.17) is 4.52 Å². The predicted molar refractivity (Wildman–Crippen MR) is 76.8 cm³/mol. The van der Waals surface area contributed by atoms with Crippen LogP contribution in [0.15, 0.2) is 22.7 Å². The minimum atomic E-state index is 0.247. The van der Waals surface area contributed by atoms with Crippen molar-refractivity contribution in [1.82, 2.24) is 10.1 Å². The van der Waals surface area contributed by atoms with Gasteiger partial charge in [-0.25, -0.2) is 0 Å². The fraction of sp³-hybridized carbons (Fsp3) is 0.467. The van der Waals surface area contributed by atoms with Gasteiger partial charge in [0, 0.05) is 18.7 Å². The Morgan fingerprint density at radius 1 is 1.15 bits per heavy atom. The van der Waals surface area contributed by atoms with E-state index >= 15 is 0 Å². The molecule has 1 saturated heterocycles. The van der Waals surface area contributed by atoms with E-state index in [1.807, 2.05) is 19.1 Å². The molecular formula is C15H19N3O2. The van der Waals surface area contributed by atoms with Crippen molar-refractivity contribution in [3.63, 3.8) is 0 Å². The molecule has 2 heterocycles. The summed E-state index contributed by atoms with van der Waals surface area (Å²) in [5.41, 5.74) is 1.59. The second kappa shape index (κ2) is 5.53. The molecule has 0 radical (unpaired) electrons. The van der Waals surface area contributed by atoms with Crippen LogP contribution in [-0.4, -0.2) is 28.3 Å². The number of aryl methyl sites for hydroxylation is 1. The molecule has 0 spiro atoms. The lowest BCUT2D eigenvalue weighted by molar-refractivity contribution is 0.428. The van der Waals surface area contributed by atoms with E-state index in [-0.39, 0.29) is 5.75 Å². The Morgan fingerprint density at radius 3 is 2.60 bits per heavy atom. The molecule has 0 saturated carbocycles. The van der Waals surface area contributed by atoms with Crippen LogP contribution in [0, 0.1) is 6.92 Å². The van der Waals surface area contributed by atoms with Gasteiger partial charge in [0.2, 0.25) is 0 Å². The molecule has 3 rings (SSSR count). The number of phenolic OH excluding ortho intramolecular Hbond substituents is 1. The average Bonchev–Trinajstić information content (AvgIpc) is 2.78. The van der Waals surface area contributed by atoms with Gasteiger partial charge in [0.15, 0.2) is 0 Å². The molecule has 1 fully saturated rings. The van der Waals surface area contributed by atoms with Crippen molar-refractivity contribution in [3.8, 4) is 17.2 Å². The van der Waals surface area contributed by atoms with Crippen molar-refractivity contribution < 1.29 is 9.63 Å². The van der Waals surface area contributed by atoms with Crippen molar-refractivity contribution in [2.24, 2.45) is 0 Å². The quantitative estimate of drug-likeness (QED) is 0.910. The number of rotatable bonds is 2. The molecule has 20 heavy (non-hydrogen) atoms. The van der Waals surface area contributed by atoms with Gasteiger partial charge in [-0.3, -0.25) is 0 Å². The van der Waals surface area contributed by atoms with Crippen molar-refractivity contribution in [1.29, 1.82) is 0 Å². The van der Waals surface area contributed by atoms with Crippen molar-refractivity contribution in [2.45, 2.75) is 32.6 Å². The topological polar surface area (TPSA) is 62.4 Å². The number of aromatic hydroxyl groups is 1. The Kier molecular flexibility index (Phi) is 3.58. The minimum absolute atomic E-state index is 0.247. The van der Waals surface area contributed by atoms with E-state index in [9.17, 15) is 5.11 Å². The molecular weight excluding hydrogens is 254 g/mol. The van der Waals surface area contributed by atoms with Crippen LogP contribution in [0.25, 0.3) is 11.5 Å². The summed E-state index contributed by atoms with van der Waals surface area (Å²) < 4.78 is 5.33. The van der Waals surface area contributed by atoms with Crippen LogP contribution in [0.3, 0.4) is 0 Å². The molecule has 1 aliphatic rings. The highest BCUT2D eigenvalue weighted by Gasteiger charge is 2.17. The van der Waals surface area contributed by atoms with Crippen LogP contribution < -0.4 is 4.90 Å². The zero-order valence-corrected chi connectivity index (χ0v) is 11.7. The zero-order valence-electron chi connectivity index (χ0n) is 11.7. The van der Waals surface area contributed by atoms with Crippen LogP contribution >= 0.6 is 0 Å². The molecule has 2 aromatic rings. The molecule has 1 N–H and O–H groups in total. The van der Waals surface area contributed by atoms with E-state index < -0.39 is 0 Å². The summed E-state index contributed by atoms with van der Waals surface area (Å²) in [6.07, 6.45) is 4.89. The number of hydrogen-bond donors (Lipinski definition) is 1. The maximum absolute atomic E-state index is 9.75. The van der Waals surface area contributed by atoms with Crippen LogP contribution in [0.4, 0.5) is 5.95 Å². The summed E-state index contributed by atoms with van der Waals surface area (Å²) in [7, 11) is 0. The Bertz CT molecular complexity index is 587. The SMILES string of the molecule is Cc1ccc(-c2nc(N3CCCCCC3)no2)cc1O. The number of hydrogen-bond acceptors (Lipinski definition) is 5. The first kappa shape index (κ1) is 13.0. The number of aromatic nitrogens is 2. The standard InChI is InChI=1S/C15H19N3O2/c1-11-6-7-12(10-13(11)19)14-16-15(17-20-14)18-8-4-2-3-5-9-18/h6-7,10,19H,2-5,8-9H2,1H3. The van der Waals surface area contributed by atoms with Gasteiger partial charge >= 0.3 is 0 Å². The van der Waals surface area contributed by atoms with E-state index in [1.165, 1.54) is 25.7 Å². The average molecular weight is 273 g/mol. The largest absolute Gasteiger partial charge is 0.508 e. The van der Waals surface area contributed by atoms with E-state index in [2.05, 4.69) is 15.0 Å². The lowest BCUT2D eigenvalue weighted by Crippen LogP contribution is -2.24. The smallest absolute Gasteiger partial charge is 0.266 e. The third-order valence-electron chi connectivity index (χ3n) is 3.76. The first-order valence-electron chi connectivity index (χ1n) is 7.13. The molecule has 106 valence electrons. The van der Waals surface area contributed by atoms with Gasteiger partial charge in [0.1, 0.15) is 5.75 Å². The van der Waals surface area contributed by atoms with Gasteiger partial charge in [-0.2, -0.15) is 4.98 Å². The van der Waals surface area contributed by atoms with Crippen LogP contribution in [0.1, 0.15) is 31.2 Å². The maximum Gasteiger partial charge on any atom is 0.266 e. The summed E-state index contributed by atoms with van der Waals surface area (Å²) in [5, 5.41) is 13.8. The number of benzene rings is 1. The summed E-state index contributed by atoms with van der Waals surface area (Å²) in [4.78, 5) is 6.63. The number of anilines is 1. The Morgan fingerprint density at radius 2 is 1.90 bits per heavy atom. The third-order valence-corrected chi connectivity index (χ3v) is 3.76. The van der Waals surface area contributed by atoms with Gasteiger partial charge in [-0.05, 0) is 42.6 Å². The summed E-state index contributed by atoms with van der Waals surface area (Å²) >= 11 is 0. The first-order valence-corrected chi connectivity index (χ1v) is 7.13. The molecule has 1 aromatic carbocycles. The lowest BCUT2D eigenvalue weighted by Gasteiger charge is -2.16. The van der Waals surface area contributed by atoms with Gasteiger partial charge in [-0.1, -0.05) is 18.9 Å². The number of nitrogens with zero attached hydrogens (tertiary/aromatic N) is 3. The molecule has 5 nitrogen and oxygen atoms in total. The van der Waals surface area contributed by atoms with Gasteiger partial charge < -0.3 is 14.5 Å². The molecule has 0 aliphatic carbocycles. The predicted octanol–water partition coefficient (Wildman–Crippen LogP) is 3.13. The molecule has 0 unspecified atom stereocenters. The highest BCUT2D eigenvalue weighted by molar-refractivity contribution is 5.58. The van der Waals surface area contributed by atoms with Crippen molar-refractivity contribution in [2.75, 3.05) is 18.0 Å². The van der Waals surface area contributed by atoms with Crippen molar-refractivity contribution >= 4 is 5.95 Å². The molecule has 1 aromatic heterocycles. The monoisotopic (exact) mass is 273 g/mol.